The van der Waals surface area contributed by atoms with E-state index in [4.69, 9.17) is 4.74 Å². The first-order valence-electron chi connectivity index (χ1n) is 14.1. The minimum absolute atomic E-state index is 0.0665. The van der Waals surface area contributed by atoms with E-state index in [0.717, 1.165) is 48.3 Å². The third-order valence-corrected chi connectivity index (χ3v) is 9.43. The van der Waals surface area contributed by atoms with Crippen molar-refractivity contribution in [3.63, 3.8) is 0 Å². The Morgan fingerprint density at radius 1 is 0.949 bits per heavy atom. The van der Waals surface area contributed by atoms with E-state index in [-0.39, 0.29) is 11.4 Å². The fourth-order valence-electron chi connectivity index (χ4n) is 5.78. The van der Waals surface area contributed by atoms with Gasteiger partial charge in [-0.05, 0) is 95.5 Å². The number of esters is 1. The summed E-state index contributed by atoms with van der Waals surface area (Å²) in [6.07, 6.45) is 7.82. The van der Waals surface area contributed by atoms with Gasteiger partial charge < -0.3 is 9.84 Å². The van der Waals surface area contributed by atoms with Crippen molar-refractivity contribution in [2.75, 3.05) is 11.5 Å². The molecule has 0 radical (unpaired) electrons. The van der Waals surface area contributed by atoms with Crippen LogP contribution in [0.5, 0.6) is 0 Å². The van der Waals surface area contributed by atoms with Crippen molar-refractivity contribution in [2.24, 2.45) is 0 Å². The topological polar surface area (TPSA) is 46.5 Å². The summed E-state index contributed by atoms with van der Waals surface area (Å²) in [6.45, 7) is 10.7. The van der Waals surface area contributed by atoms with Gasteiger partial charge in [-0.3, -0.25) is 4.79 Å². The molecule has 0 atom stereocenters. The van der Waals surface area contributed by atoms with Crippen molar-refractivity contribution < 1.29 is 14.6 Å². The van der Waals surface area contributed by atoms with E-state index in [1.165, 1.54) is 40.3 Å². The van der Waals surface area contributed by atoms with Crippen LogP contribution in [0, 0.1) is 13.8 Å². The summed E-state index contributed by atoms with van der Waals surface area (Å²) in [5, 5.41) is 10.9. The van der Waals surface area contributed by atoms with E-state index < -0.39 is 5.60 Å². The highest BCUT2D eigenvalue weighted by atomic mass is 32.2. The van der Waals surface area contributed by atoms with E-state index in [1.807, 2.05) is 30.0 Å². The number of aryl methyl sites for hydroxylation is 2. The molecule has 3 aromatic carbocycles. The molecule has 0 saturated carbocycles. The fraction of sp³-hybridized carbons (Fsp3) is 0.400. The second-order valence-electron chi connectivity index (χ2n) is 10.9. The van der Waals surface area contributed by atoms with Gasteiger partial charge in [0.15, 0.2) is 0 Å². The molecular formula is C35H42O3S. The molecule has 1 heterocycles. The van der Waals surface area contributed by atoms with Crippen LogP contribution in [-0.2, 0) is 21.6 Å². The van der Waals surface area contributed by atoms with Crippen molar-refractivity contribution in [1.29, 1.82) is 0 Å². The Morgan fingerprint density at radius 2 is 1.56 bits per heavy atom. The van der Waals surface area contributed by atoms with Crippen LogP contribution in [0.3, 0.4) is 0 Å². The van der Waals surface area contributed by atoms with Crippen LogP contribution in [0.1, 0.15) is 79.8 Å². The number of aliphatic hydroxyl groups is 1. The Hall–Kier alpha value is -2.82. The van der Waals surface area contributed by atoms with Crippen molar-refractivity contribution in [3.8, 4) is 11.1 Å². The zero-order valence-electron chi connectivity index (χ0n) is 24.0. The number of thioether (sulfide) groups is 1. The third kappa shape index (κ3) is 6.67. The molecule has 0 amide bonds. The van der Waals surface area contributed by atoms with Crippen molar-refractivity contribution in [1.82, 2.24) is 0 Å². The van der Waals surface area contributed by atoms with Gasteiger partial charge in [-0.25, -0.2) is 0 Å². The Balaban J connectivity index is 1.60. The number of carbonyl (C=O) groups excluding carboxylic acids is 1. The Kier molecular flexibility index (Phi) is 9.40. The molecule has 3 nitrogen and oxygen atoms in total. The maximum atomic E-state index is 11.1. The minimum Gasteiger partial charge on any atom is -0.461 e. The van der Waals surface area contributed by atoms with Gasteiger partial charge in [0.2, 0.25) is 0 Å². The zero-order valence-corrected chi connectivity index (χ0v) is 24.9. The van der Waals surface area contributed by atoms with Gasteiger partial charge >= 0.3 is 5.97 Å². The standard InChI is InChI=1S/C35H42O3S/c1-6-35(7-2,31-13-12-29(25(3)22-31)16-17-34(37)18-20-39-21-19-34)32-14-15-33(26(4)23-32)30-10-8-28(9-11-30)24-38-27(5)36/h8-17,22-23,37H,6-7,18-21,24H2,1-5H3/b17-16+. The van der Waals surface area contributed by atoms with Gasteiger partial charge in [0.1, 0.15) is 6.61 Å². The summed E-state index contributed by atoms with van der Waals surface area (Å²) in [5.41, 5.74) is 8.98. The highest BCUT2D eigenvalue weighted by Gasteiger charge is 2.31. The molecule has 1 aliphatic rings. The molecule has 4 heteroatoms. The Bertz CT molecular complexity index is 1310. The van der Waals surface area contributed by atoms with Gasteiger partial charge in [-0.1, -0.05) is 86.7 Å². The molecule has 0 aromatic heterocycles. The summed E-state index contributed by atoms with van der Waals surface area (Å²) >= 11 is 1.92. The number of hydrogen-bond donors (Lipinski definition) is 1. The van der Waals surface area contributed by atoms with Crippen LogP contribution in [0.25, 0.3) is 17.2 Å². The van der Waals surface area contributed by atoms with Crippen LogP contribution in [0.2, 0.25) is 0 Å². The monoisotopic (exact) mass is 542 g/mol. The molecule has 0 bridgehead atoms. The lowest BCUT2D eigenvalue weighted by Crippen LogP contribution is -2.30. The smallest absolute Gasteiger partial charge is 0.302 e. The molecule has 0 aliphatic carbocycles. The normalized spacial score (nSPS) is 15.4. The van der Waals surface area contributed by atoms with Crippen LogP contribution < -0.4 is 0 Å². The van der Waals surface area contributed by atoms with Gasteiger partial charge in [-0.2, -0.15) is 11.8 Å². The second kappa shape index (κ2) is 12.6. The molecule has 39 heavy (non-hydrogen) atoms. The lowest BCUT2D eigenvalue weighted by Gasteiger charge is -2.34. The largest absolute Gasteiger partial charge is 0.461 e. The van der Waals surface area contributed by atoms with Crippen molar-refractivity contribution in [3.05, 3.63) is 100 Å². The molecule has 1 saturated heterocycles. The molecule has 4 rings (SSSR count). The van der Waals surface area contributed by atoms with E-state index >= 15 is 0 Å². The van der Waals surface area contributed by atoms with Crippen molar-refractivity contribution >= 4 is 23.8 Å². The molecule has 1 N–H and O–H groups in total. The van der Waals surface area contributed by atoms with Gasteiger partial charge in [0.05, 0.1) is 5.60 Å². The number of carbonyl (C=O) groups is 1. The molecule has 0 spiro atoms. The Labute approximate surface area is 238 Å². The highest BCUT2D eigenvalue weighted by Crippen LogP contribution is 2.41. The van der Waals surface area contributed by atoms with E-state index in [2.05, 4.69) is 82.3 Å². The first-order chi connectivity index (χ1) is 18.7. The van der Waals surface area contributed by atoms with E-state index in [1.54, 1.807) is 0 Å². The van der Waals surface area contributed by atoms with Crippen LogP contribution in [0.15, 0.2) is 66.7 Å². The third-order valence-electron chi connectivity index (χ3n) is 8.45. The van der Waals surface area contributed by atoms with Gasteiger partial charge in [0.25, 0.3) is 0 Å². The summed E-state index contributed by atoms with van der Waals surface area (Å²) in [5.74, 6) is 1.78. The summed E-state index contributed by atoms with van der Waals surface area (Å²) in [7, 11) is 0. The SMILES string of the molecule is CCC(CC)(c1ccc(/C=C/C2(O)CCSCC2)c(C)c1)c1ccc(-c2ccc(COC(C)=O)cc2)c(C)c1. The minimum atomic E-state index is -0.672. The van der Waals surface area contributed by atoms with Crippen LogP contribution in [0.4, 0.5) is 0 Å². The average Bonchev–Trinajstić information content (AvgIpc) is 2.93. The molecular weight excluding hydrogens is 500 g/mol. The summed E-state index contributed by atoms with van der Waals surface area (Å²) < 4.78 is 5.12. The second-order valence-corrected chi connectivity index (χ2v) is 12.1. The number of ether oxygens (including phenoxy) is 1. The average molecular weight is 543 g/mol. The maximum absolute atomic E-state index is 11.1. The van der Waals surface area contributed by atoms with Gasteiger partial charge in [-0.15, -0.1) is 0 Å². The fourth-order valence-corrected chi connectivity index (χ4v) is 6.98. The lowest BCUT2D eigenvalue weighted by atomic mass is 9.69. The summed E-state index contributed by atoms with van der Waals surface area (Å²) in [4.78, 5) is 11.1. The van der Waals surface area contributed by atoms with Crippen LogP contribution in [-0.4, -0.2) is 28.2 Å². The number of hydrogen-bond acceptors (Lipinski definition) is 4. The van der Waals surface area contributed by atoms with Crippen LogP contribution >= 0.6 is 11.8 Å². The van der Waals surface area contributed by atoms with Gasteiger partial charge in [0, 0.05) is 12.3 Å². The molecule has 0 unspecified atom stereocenters. The molecule has 1 fully saturated rings. The quantitative estimate of drug-likeness (QED) is 0.276. The summed E-state index contributed by atoms with van der Waals surface area (Å²) in [6, 6.07) is 22.0. The molecule has 206 valence electrons. The molecule has 1 aliphatic heterocycles. The highest BCUT2D eigenvalue weighted by molar-refractivity contribution is 7.99. The number of benzene rings is 3. The Morgan fingerprint density at radius 3 is 2.13 bits per heavy atom. The first kappa shape index (κ1) is 29.2. The first-order valence-corrected chi connectivity index (χ1v) is 15.3. The zero-order chi connectivity index (χ0) is 28.0. The maximum Gasteiger partial charge on any atom is 0.302 e. The van der Waals surface area contributed by atoms with E-state index in [9.17, 15) is 9.90 Å². The number of rotatable bonds is 9. The van der Waals surface area contributed by atoms with E-state index in [0.29, 0.717) is 6.61 Å². The predicted octanol–water partition coefficient (Wildman–Crippen LogP) is 8.41. The van der Waals surface area contributed by atoms with Crippen molar-refractivity contribution in [2.45, 2.75) is 77.9 Å². The predicted molar refractivity (Wildman–Crippen MR) is 165 cm³/mol. The lowest BCUT2D eigenvalue weighted by molar-refractivity contribution is -0.142. The molecule has 3 aromatic rings.